The minimum absolute atomic E-state index is 0.121. The highest BCUT2D eigenvalue weighted by molar-refractivity contribution is 5.91. The fraction of sp³-hybridized carbons (Fsp3) is 0.667. The van der Waals surface area contributed by atoms with Crippen molar-refractivity contribution in [2.45, 2.75) is 6.04 Å². The van der Waals surface area contributed by atoms with E-state index < -0.39 is 11.9 Å². The van der Waals surface area contributed by atoms with Crippen LogP contribution >= 0.6 is 0 Å². The summed E-state index contributed by atoms with van der Waals surface area (Å²) >= 11 is 0. The minimum atomic E-state index is -0.436. The van der Waals surface area contributed by atoms with Gasteiger partial charge in [-0.2, -0.15) is 0 Å². The zero-order valence-corrected chi connectivity index (χ0v) is 8.56. The number of aliphatic hydroxyl groups excluding tert-OH is 1. The van der Waals surface area contributed by atoms with Gasteiger partial charge in [-0.25, -0.2) is 0 Å². The number of carbonyl (C=O) groups excluding carboxylic acids is 1. The van der Waals surface area contributed by atoms with Crippen LogP contribution < -0.4 is 5.32 Å². The van der Waals surface area contributed by atoms with E-state index in [1.54, 1.807) is 0 Å². The molecule has 15 heavy (non-hydrogen) atoms. The van der Waals surface area contributed by atoms with Crippen molar-refractivity contribution in [3.8, 4) is 0 Å². The van der Waals surface area contributed by atoms with Gasteiger partial charge in [-0.1, -0.05) is 0 Å². The van der Waals surface area contributed by atoms with Crippen LogP contribution in [0.2, 0.25) is 0 Å². The molecule has 0 fully saturated rings. The maximum atomic E-state index is 11.5. The third kappa shape index (κ3) is 3.77. The van der Waals surface area contributed by atoms with Crippen LogP contribution in [0.3, 0.4) is 0 Å². The molecule has 6 nitrogen and oxygen atoms in total. The van der Waals surface area contributed by atoms with Crippen LogP contribution in [0, 0.1) is 0 Å². The van der Waals surface area contributed by atoms with Crippen molar-refractivity contribution in [1.82, 2.24) is 5.32 Å². The average molecular weight is 217 g/mol. The SMILES string of the molecule is COCC(CO)NC(=O)C1=COCCO1. The highest BCUT2D eigenvalue weighted by atomic mass is 16.6. The van der Waals surface area contributed by atoms with Gasteiger partial charge < -0.3 is 24.6 Å². The highest BCUT2D eigenvalue weighted by Crippen LogP contribution is 2.04. The third-order valence-corrected chi connectivity index (χ3v) is 1.80. The Morgan fingerprint density at radius 2 is 2.53 bits per heavy atom. The van der Waals surface area contributed by atoms with E-state index in [0.717, 1.165) is 0 Å². The lowest BCUT2D eigenvalue weighted by atomic mass is 10.3. The number of aliphatic hydroxyl groups is 1. The van der Waals surface area contributed by atoms with Gasteiger partial charge in [-0.15, -0.1) is 0 Å². The molecule has 0 saturated heterocycles. The van der Waals surface area contributed by atoms with Gasteiger partial charge in [0.1, 0.15) is 19.5 Å². The molecule has 0 radical (unpaired) electrons. The zero-order valence-electron chi connectivity index (χ0n) is 8.56. The first-order chi connectivity index (χ1) is 7.27. The second-order valence-corrected chi connectivity index (χ2v) is 3.01. The predicted molar refractivity (Wildman–Crippen MR) is 50.9 cm³/mol. The molecule has 1 heterocycles. The molecule has 86 valence electrons. The summed E-state index contributed by atoms with van der Waals surface area (Å²) in [4.78, 5) is 11.5. The normalized spacial score (nSPS) is 17.1. The van der Waals surface area contributed by atoms with Gasteiger partial charge in [0.25, 0.3) is 5.91 Å². The number of amides is 1. The second kappa shape index (κ2) is 6.26. The van der Waals surface area contributed by atoms with E-state index in [0.29, 0.717) is 13.2 Å². The fourth-order valence-corrected chi connectivity index (χ4v) is 1.09. The molecule has 1 atom stereocenters. The molecule has 0 bridgehead atoms. The van der Waals surface area contributed by atoms with Gasteiger partial charge in [-0.3, -0.25) is 4.79 Å². The number of hydrogen-bond donors (Lipinski definition) is 2. The molecule has 1 aliphatic rings. The zero-order chi connectivity index (χ0) is 11.1. The van der Waals surface area contributed by atoms with E-state index in [2.05, 4.69) is 5.32 Å². The predicted octanol–water partition coefficient (Wildman–Crippen LogP) is -1.00. The van der Waals surface area contributed by atoms with Crippen LogP contribution in [0.1, 0.15) is 0 Å². The van der Waals surface area contributed by atoms with Crippen molar-refractivity contribution < 1.29 is 24.1 Å². The van der Waals surface area contributed by atoms with Crippen LogP contribution in [0.15, 0.2) is 12.0 Å². The number of carbonyl (C=O) groups is 1. The van der Waals surface area contributed by atoms with E-state index in [4.69, 9.17) is 19.3 Å². The van der Waals surface area contributed by atoms with Gasteiger partial charge in [0.15, 0.2) is 0 Å². The number of hydrogen-bond acceptors (Lipinski definition) is 5. The number of rotatable bonds is 5. The Morgan fingerprint density at radius 1 is 1.73 bits per heavy atom. The molecule has 1 aliphatic heterocycles. The van der Waals surface area contributed by atoms with E-state index in [1.165, 1.54) is 13.4 Å². The first kappa shape index (κ1) is 11.8. The van der Waals surface area contributed by atoms with Gasteiger partial charge in [0.2, 0.25) is 5.76 Å². The summed E-state index contributed by atoms with van der Waals surface area (Å²) in [6, 6.07) is -0.436. The molecular formula is C9H15NO5. The smallest absolute Gasteiger partial charge is 0.290 e. The highest BCUT2D eigenvalue weighted by Gasteiger charge is 2.18. The Morgan fingerprint density at radius 3 is 3.07 bits per heavy atom. The molecule has 0 aromatic rings. The van der Waals surface area contributed by atoms with Crippen LogP contribution in [0.25, 0.3) is 0 Å². The first-order valence-corrected chi connectivity index (χ1v) is 4.63. The van der Waals surface area contributed by atoms with Crippen molar-refractivity contribution >= 4 is 5.91 Å². The number of nitrogens with one attached hydrogen (secondary N) is 1. The molecule has 0 aliphatic carbocycles. The molecular weight excluding hydrogens is 202 g/mol. The molecule has 1 rings (SSSR count). The molecule has 6 heteroatoms. The van der Waals surface area contributed by atoms with E-state index in [9.17, 15) is 4.79 Å². The van der Waals surface area contributed by atoms with Crippen molar-refractivity contribution in [1.29, 1.82) is 0 Å². The van der Waals surface area contributed by atoms with E-state index >= 15 is 0 Å². The summed E-state index contributed by atoms with van der Waals surface area (Å²) in [6.07, 6.45) is 1.26. The second-order valence-electron chi connectivity index (χ2n) is 3.01. The lowest BCUT2D eigenvalue weighted by Crippen LogP contribution is -2.42. The van der Waals surface area contributed by atoms with Gasteiger partial charge in [-0.05, 0) is 0 Å². The molecule has 0 aromatic carbocycles. The van der Waals surface area contributed by atoms with Crippen LogP contribution in [-0.2, 0) is 19.0 Å². The standard InChI is InChI=1S/C9H15NO5/c1-13-5-7(4-11)10-9(12)8-6-14-2-3-15-8/h6-7,11H,2-5H2,1H3,(H,10,12). The molecule has 0 saturated carbocycles. The van der Waals surface area contributed by atoms with Gasteiger partial charge in [0.05, 0.1) is 19.3 Å². The van der Waals surface area contributed by atoms with E-state index in [-0.39, 0.29) is 19.0 Å². The number of methoxy groups -OCH3 is 1. The first-order valence-electron chi connectivity index (χ1n) is 4.63. The lowest BCUT2D eigenvalue weighted by molar-refractivity contribution is -0.123. The third-order valence-electron chi connectivity index (χ3n) is 1.80. The van der Waals surface area contributed by atoms with Crippen molar-refractivity contribution in [3.63, 3.8) is 0 Å². The Bertz CT molecular complexity index is 241. The summed E-state index contributed by atoms with van der Waals surface area (Å²) in [5.74, 6) is -0.290. The maximum Gasteiger partial charge on any atom is 0.290 e. The van der Waals surface area contributed by atoms with Crippen molar-refractivity contribution in [2.75, 3.05) is 33.5 Å². The Kier molecular flexibility index (Phi) is 4.92. The topological polar surface area (TPSA) is 77.0 Å². The van der Waals surface area contributed by atoms with Crippen LogP contribution in [-0.4, -0.2) is 50.6 Å². The largest absolute Gasteiger partial charge is 0.494 e. The molecule has 0 spiro atoms. The van der Waals surface area contributed by atoms with Crippen LogP contribution in [0.4, 0.5) is 0 Å². The molecule has 0 aromatic heterocycles. The van der Waals surface area contributed by atoms with Gasteiger partial charge in [0, 0.05) is 7.11 Å². The monoisotopic (exact) mass is 217 g/mol. The molecule has 1 unspecified atom stereocenters. The Labute approximate surface area is 87.8 Å². The summed E-state index contributed by atoms with van der Waals surface area (Å²) in [5.41, 5.74) is 0. The van der Waals surface area contributed by atoms with Gasteiger partial charge >= 0.3 is 0 Å². The lowest BCUT2D eigenvalue weighted by Gasteiger charge is -2.18. The minimum Gasteiger partial charge on any atom is -0.494 e. The van der Waals surface area contributed by atoms with Crippen molar-refractivity contribution in [2.24, 2.45) is 0 Å². The summed E-state index contributed by atoms with van der Waals surface area (Å²) in [7, 11) is 1.49. The quantitative estimate of drug-likeness (QED) is 0.617. The fourth-order valence-electron chi connectivity index (χ4n) is 1.09. The summed E-state index contributed by atoms with van der Waals surface area (Å²) in [5, 5.41) is 11.5. The average Bonchev–Trinajstić information content (AvgIpc) is 2.29. The molecule has 2 N–H and O–H groups in total. The maximum absolute atomic E-state index is 11.5. The van der Waals surface area contributed by atoms with Crippen molar-refractivity contribution in [3.05, 3.63) is 12.0 Å². The van der Waals surface area contributed by atoms with E-state index in [1.807, 2.05) is 0 Å². The number of ether oxygens (including phenoxy) is 3. The molecule has 1 amide bonds. The van der Waals surface area contributed by atoms with Crippen LogP contribution in [0.5, 0.6) is 0 Å². The Balaban J connectivity index is 2.42. The summed E-state index contributed by atoms with van der Waals surface area (Å²) < 4.78 is 14.8. The summed E-state index contributed by atoms with van der Waals surface area (Å²) in [6.45, 7) is 0.857. The Hall–Kier alpha value is -1.27.